The van der Waals surface area contributed by atoms with Gasteiger partial charge in [0.2, 0.25) is 5.91 Å². The Bertz CT molecular complexity index is 1080. The number of benzene rings is 2. The fourth-order valence-electron chi connectivity index (χ4n) is 5.30. The largest absolute Gasteiger partial charge is 0.504 e. The first-order valence-corrected chi connectivity index (χ1v) is 11.5. The zero-order chi connectivity index (χ0) is 22.9. The van der Waals surface area contributed by atoms with E-state index in [0.717, 1.165) is 67.4 Å². The second kappa shape index (κ2) is 8.94. The molecule has 1 fully saturated rings. The Labute approximate surface area is 193 Å². The number of nitrogens with zero attached hydrogens (tertiary/aromatic N) is 3. The van der Waals surface area contributed by atoms with Crippen LogP contribution >= 0.6 is 0 Å². The van der Waals surface area contributed by atoms with E-state index in [1.165, 1.54) is 0 Å². The predicted molar refractivity (Wildman–Crippen MR) is 126 cm³/mol. The van der Waals surface area contributed by atoms with Crippen LogP contribution in [0, 0.1) is 0 Å². The molecule has 8 nitrogen and oxygen atoms in total. The Balaban J connectivity index is 1.15. The molecule has 2 aromatic carbocycles. The average Bonchev–Trinajstić information content (AvgIpc) is 3.23. The van der Waals surface area contributed by atoms with Crippen LogP contribution in [-0.2, 0) is 11.2 Å². The number of amidine groups is 1. The lowest BCUT2D eigenvalue weighted by Gasteiger charge is -2.36. The molecule has 5 rings (SSSR count). The Hall–Kier alpha value is -3.26. The van der Waals surface area contributed by atoms with Gasteiger partial charge in [0, 0.05) is 38.5 Å². The van der Waals surface area contributed by atoms with Crippen molar-refractivity contribution >= 4 is 17.4 Å². The lowest BCUT2D eigenvalue weighted by molar-refractivity contribution is -0.120. The molecule has 33 heavy (non-hydrogen) atoms. The summed E-state index contributed by atoms with van der Waals surface area (Å²) in [4.78, 5) is 22.0. The summed E-state index contributed by atoms with van der Waals surface area (Å²) in [5.74, 6) is 1.52. The minimum absolute atomic E-state index is 0.0353. The molecule has 2 unspecified atom stereocenters. The maximum absolute atomic E-state index is 12.7. The summed E-state index contributed by atoms with van der Waals surface area (Å²) in [5.41, 5.74) is 3.18. The molecule has 0 radical (unpaired) electrons. The highest BCUT2D eigenvalue weighted by molar-refractivity contribution is 6.00. The van der Waals surface area contributed by atoms with Crippen LogP contribution in [0.15, 0.2) is 41.4 Å². The molecule has 8 heteroatoms. The molecule has 3 aliphatic rings. The van der Waals surface area contributed by atoms with E-state index in [0.29, 0.717) is 13.0 Å². The van der Waals surface area contributed by atoms with Crippen molar-refractivity contribution in [1.82, 2.24) is 10.2 Å². The number of aryl methyl sites for hydroxylation is 1. The number of carbonyl (C=O) groups excluding carboxylic acids is 1. The third-order valence-corrected chi connectivity index (χ3v) is 6.99. The zero-order valence-corrected chi connectivity index (χ0v) is 18.8. The topological polar surface area (TPSA) is 97.6 Å². The van der Waals surface area contributed by atoms with E-state index in [1.807, 2.05) is 18.2 Å². The van der Waals surface area contributed by atoms with Crippen molar-refractivity contribution in [3.05, 3.63) is 47.5 Å². The number of anilines is 1. The monoisotopic (exact) mass is 450 g/mol. The van der Waals surface area contributed by atoms with Gasteiger partial charge >= 0.3 is 0 Å². The number of piperazine rings is 1. The fraction of sp³-hybridized carbons (Fsp3) is 0.440. The maximum Gasteiger partial charge on any atom is 0.239 e. The molecule has 2 aliphatic heterocycles. The highest BCUT2D eigenvalue weighted by Gasteiger charge is 2.36. The Morgan fingerprint density at radius 2 is 1.91 bits per heavy atom. The smallest absolute Gasteiger partial charge is 0.239 e. The number of nitrogens with one attached hydrogen (secondary N) is 1. The van der Waals surface area contributed by atoms with Gasteiger partial charge in [-0.2, -0.15) is 0 Å². The number of rotatable bonds is 4. The number of hydrogen-bond acceptors (Lipinski definition) is 7. The Morgan fingerprint density at radius 3 is 2.70 bits per heavy atom. The van der Waals surface area contributed by atoms with E-state index < -0.39 is 0 Å². The summed E-state index contributed by atoms with van der Waals surface area (Å²) < 4.78 is 5.48. The van der Waals surface area contributed by atoms with Gasteiger partial charge in [0.05, 0.1) is 25.4 Å². The molecule has 0 bridgehead atoms. The van der Waals surface area contributed by atoms with Crippen LogP contribution in [0.2, 0.25) is 0 Å². The number of aliphatic imine (C=N–C) groups is 1. The summed E-state index contributed by atoms with van der Waals surface area (Å²) in [6, 6.07) is 11.4. The SMILES string of the molecule is COc1ccccc1N1CCN(CC(=O)NC2=NC3CCc4cc(O)c(O)cc4C3C2)CC1. The van der Waals surface area contributed by atoms with Crippen LogP contribution in [0.25, 0.3) is 0 Å². The molecule has 2 aromatic rings. The number of para-hydroxylation sites is 2. The van der Waals surface area contributed by atoms with Gasteiger partial charge in [-0.25, -0.2) is 0 Å². The quantitative estimate of drug-likeness (QED) is 0.618. The molecular formula is C25H30N4O4. The van der Waals surface area contributed by atoms with E-state index in [2.05, 4.69) is 21.2 Å². The second-order valence-corrected chi connectivity index (χ2v) is 9.02. The van der Waals surface area contributed by atoms with Crippen molar-refractivity contribution in [3.63, 3.8) is 0 Å². The number of phenolic OH excluding ortho intramolecular Hbond substituents is 2. The van der Waals surface area contributed by atoms with Gasteiger partial charge in [-0.1, -0.05) is 12.1 Å². The summed E-state index contributed by atoms with van der Waals surface area (Å²) in [6.45, 7) is 3.63. The molecule has 1 aliphatic carbocycles. The van der Waals surface area contributed by atoms with Gasteiger partial charge in [0.25, 0.3) is 0 Å². The number of carbonyl (C=O) groups is 1. The number of phenols is 2. The van der Waals surface area contributed by atoms with Crippen LogP contribution in [0.1, 0.15) is 29.9 Å². The van der Waals surface area contributed by atoms with E-state index >= 15 is 0 Å². The van der Waals surface area contributed by atoms with Crippen LogP contribution < -0.4 is 15.0 Å². The molecule has 174 valence electrons. The molecule has 3 N–H and O–H groups in total. The first-order chi connectivity index (χ1) is 16.0. The number of amides is 1. The van der Waals surface area contributed by atoms with E-state index in [-0.39, 0.29) is 29.4 Å². The first-order valence-electron chi connectivity index (χ1n) is 11.5. The van der Waals surface area contributed by atoms with Gasteiger partial charge in [-0.05, 0) is 48.2 Å². The summed E-state index contributed by atoms with van der Waals surface area (Å²) in [7, 11) is 1.69. The van der Waals surface area contributed by atoms with E-state index in [9.17, 15) is 15.0 Å². The molecule has 0 saturated carbocycles. The van der Waals surface area contributed by atoms with Crippen LogP contribution in [0.5, 0.6) is 17.2 Å². The number of methoxy groups -OCH3 is 1. The van der Waals surface area contributed by atoms with Crippen molar-refractivity contribution < 1.29 is 19.7 Å². The molecule has 0 aromatic heterocycles. The molecule has 2 atom stereocenters. The minimum atomic E-state index is -0.0980. The van der Waals surface area contributed by atoms with Gasteiger partial charge in [-0.3, -0.25) is 14.7 Å². The van der Waals surface area contributed by atoms with E-state index in [4.69, 9.17) is 9.73 Å². The minimum Gasteiger partial charge on any atom is -0.504 e. The number of ether oxygens (including phenoxy) is 1. The molecule has 1 amide bonds. The fourth-order valence-corrected chi connectivity index (χ4v) is 5.30. The van der Waals surface area contributed by atoms with Gasteiger partial charge in [0.1, 0.15) is 11.6 Å². The highest BCUT2D eigenvalue weighted by Crippen LogP contribution is 2.43. The van der Waals surface area contributed by atoms with Crippen LogP contribution in [0.3, 0.4) is 0 Å². The zero-order valence-electron chi connectivity index (χ0n) is 18.8. The number of hydrogen-bond donors (Lipinski definition) is 3. The highest BCUT2D eigenvalue weighted by atomic mass is 16.5. The van der Waals surface area contributed by atoms with Crippen LogP contribution in [-0.4, -0.2) is 72.7 Å². The average molecular weight is 451 g/mol. The molecule has 1 saturated heterocycles. The molecule has 2 heterocycles. The standard InChI is InChI=1S/C25H30N4O4/c1-33-23-5-3-2-4-20(23)29-10-8-28(9-11-29)15-25(32)27-24-14-18-17-13-22(31)21(30)12-16(17)6-7-19(18)26-24/h2-5,12-13,18-19,30-31H,6-11,14-15H2,1H3,(H,26,27,32). The van der Waals surface area contributed by atoms with Crippen molar-refractivity contribution in [3.8, 4) is 17.2 Å². The van der Waals surface area contributed by atoms with Crippen LogP contribution in [0.4, 0.5) is 5.69 Å². The lowest BCUT2D eigenvalue weighted by atomic mass is 9.79. The van der Waals surface area contributed by atoms with Gasteiger partial charge in [0.15, 0.2) is 11.5 Å². The Kier molecular flexibility index (Phi) is 5.85. The lowest BCUT2D eigenvalue weighted by Crippen LogP contribution is -2.50. The molecular weight excluding hydrogens is 420 g/mol. The maximum atomic E-state index is 12.7. The predicted octanol–water partition coefficient (Wildman–Crippen LogP) is 2.25. The number of fused-ring (bicyclic) bond motifs is 3. The van der Waals surface area contributed by atoms with Crippen molar-refractivity contribution in [2.24, 2.45) is 4.99 Å². The third kappa shape index (κ3) is 4.35. The Morgan fingerprint density at radius 1 is 1.15 bits per heavy atom. The first kappa shape index (κ1) is 21.6. The van der Waals surface area contributed by atoms with E-state index in [1.54, 1.807) is 19.2 Å². The van der Waals surface area contributed by atoms with Crippen molar-refractivity contribution in [1.29, 1.82) is 0 Å². The molecule has 0 spiro atoms. The summed E-state index contributed by atoms with van der Waals surface area (Å²) in [5, 5.41) is 22.8. The summed E-state index contributed by atoms with van der Waals surface area (Å²) in [6.07, 6.45) is 2.34. The van der Waals surface area contributed by atoms with Gasteiger partial charge in [-0.15, -0.1) is 0 Å². The summed E-state index contributed by atoms with van der Waals surface area (Å²) >= 11 is 0. The normalized spacial score (nSPS) is 22.3. The van der Waals surface area contributed by atoms with Crippen molar-refractivity contribution in [2.75, 3.05) is 44.7 Å². The number of aromatic hydroxyl groups is 2. The third-order valence-electron chi connectivity index (χ3n) is 6.99. The van der Waals surface area contributed by atoms with Gasteiger partial charge < -0.3 is 25.2 Å². The van der Waals surface area contributed by atoms with Crippen molar-refractivity contribution in [2.45, 2.75) is 31.2 Å². The second-order valence-electron chi connectivity index (χ2n) is 9.02.